The number of ether oxygens (including phenoxy) is 1. The van der Waals surface area contributed by atoms with Crippen molar-refractivity contribution in [2.75, 3.05) is 19.7 Å². The largest absolute Gasteiger partial charge is 0.464 e. The Kier molecular flexibility index (Phi) is 3.80. The molecular weight excluding hydrogens is 320 g/mol. The van der Waals surface area contributed by atoms with Crippen LogP contribution in [0.1, 0.15) is 30.2 Å². The van der Waals surface area contributed by atoms with Gasteiger partial charge in [-0.05, 0) is 44.1 Å². The van der Waals surface area contributed by atoms with Gasteiger partial charge in [0.1, 0.15) is 6.04 Å². The summed E-state index contributed by atoms with van der Waals surface area (Å²) in [6, 6.07) is 5.87. The van der Waals surface area contributed by atoms with Gasteiger partial charge in [0.2, 0.25) is 0 Å². The summed E-state index contributed by atoms with van der Waals surface area (Å²) in [7, 11) is 0. The number of benzene rings is 1. The Morgan fingerprint density at radius 1 is 1.27 bits per heavy atom. The highest BCUT2D eigenvalue weighted by molar-refractivity contribution is 7.18. The number of cyclic esters (lactones) is 1. The van der Waals surface area contributed by atoms with E-state index in [2.05, 4.69) is 4.90 Å². The molecule has 2 aromatic rings. The summed E-state index contributed by atoms with van der Waals surface area (Å²) in [6.45, 7) is 2.46. The van der Waals surface area contributed by atoms with Crippen molar-refractivity contribution in [3.63, 3.8) is 0 Å². The Balaban J connectivity index is 1.47. The Hall–Kier alpha value is -1.17. The lowest BCUT2D eigenvalue weighted by Crippen LogP contribution is -2.43. The molecule has 0 amide bonds. The quantitative estimate of drug-likeness (QED) is 0.788. The van der Waals surface area contributed by atoms with Gasteiger partial charge < -0.3 is 4.74 Å². The number of thiazole rings is 1. The molecule has 1 aromatic carbocycles. The predicted octanol–water partition coefficient (Wildman–Crippen LogP) is 3.44. The summed E-state index contributed by atoms with van der Waals surface area (Å²) in [5.41, 5.74) is 0.995. The van der Waals surface area contributed by atoms with E-state index in [1.807, 2.05) is 18.2 Å². The van der Waals surface area contributed by atoms with Gasteiger partial charge in [0.05, 0.1) is 21.8 Å². The topological polar surface area (TPSA) is 42.4 Å². The molecule has 2 saturated heterocycles. The van der Waals surface area contributed by atoms with Gasteiger partial charge in [-0.15, -0.1) is 11.3 Å². The Morgan fingerprint density at radius 3 is 2.82 bits per heavy atom. The average molecular weight is 337 g/mol. The van der Waals surface area contributed by atoms with E-state index in [-0.39, 0.29) is 12.0 Å². The van der Waals surface area contributed by atoms with Crippen LogP contribution in [0.3, 0.4) is 0 Å². The minimum atomic E-state index is -0.0481. The molecule has 3 heterocycles. The van der Waals surface area contributed by atoms with Crippen LogP contribution in [-0.4, -0.2) is 41.6 Å². The lowest BCUT2D eigenvalue weighted by atomic mass is 9.96. The molecule has 116 valence electrons. The number of fused-ring (bicyclic) bond motifs is 1. The molecule has 0 saturated carbocycles. The van der Waals surface area contributed by atoms with Crippen LogP contribution >= 0.6 is 22.9 Å². The molecule has 4 rings (SSSR count). The van der Waals surface area contributed by atoms with E-state index in [0.717, 1.165) is 42.9 Å². The molecule has 2 aliphatic heterocycles. The SMILES string of the molecule is O=C1OCCC1N1CCC(c2nc3cc(Cl)ccc3s2)CC1. The molecule has 1 aromatic heterocycles. The smallest absolute Gasteiger partial charge is 0.323 e. The fourth-order valence-electron chi connectivity index (χ4n) is 3.37. The highest BCUT2D eigenvalue weighted by Gasteiger charge is 2.35. The summed E-state index contributed by atoms with van der Waals surface area (Å²) < 4.78 is 6.27. The second-order valence-corrected chi connectivity index (χ2v) is 7.45. The number of piperidine rings is 1. The molecular formula is C16H17ClN2O2S. The van der Waals surface area contributed by atoms with Gasteiger partial charge in [-0.2, -0.15) is 0 Å². The molecule has 1 unspecified atom stereocenters. The summed E-state index contributed by atoms with van der Waals surface area (Å²) in [4.78, 5) is 18.7. The molecule has 2 fully saturated rings. The van der Waals surface area contributed by atoms with Crippen LogP contribution < -0.4 is 0 Å². The van der Waals surface area contributed by atoms with E-state index in [0.29, 0.717) is 12.5 Å². The molecule has 0 aliphatic carbocycles. The van der Waals surface area contributed by atoms with Gasteiger partial charge in [-0.3, -0.25) is 9.69 Å². The normalized spacial score (nSPS) is 24.0. The molecule has 1 atom stereocenters. The van der Waals surface area contributed by atoms with Crippen molar-refractivity contribution in [3.05, 3.63) is 28.2 Å². The molecule has 0 radical (unpaired) electrons. The van der Waals surface area contributed by atoms with Crippen molar-refractivity contribution < 1.29 is 9.53 Å². The van der Waals surface area contributed by atoms with Crippen LogP contribution in [0.2, 0.25) is 5.02 Å². The lowest BCUT2D eigenvalue weighted by molar-refractivity contribution is -0.142. The van der Waals surface area contributed by atoms with E-state index in [1.165, 1.54) is 9.71 Å². The van der Waals surface area contributed by atoms with E-state index >= 15 is 0 Å². The first-order valence-electron chi connectivity index (χ1n) is 7.67. The first-order chi connectivity index (χ1) is 10.7. The van der Waals surface area contributed by atoms with Crippen LogP contribution in [0.15, 0.2) is 18.2 Å². The van der Waals surface area contributed by atoms with Crippen LogP contribution in [0.25, 0.3) is 10.2 Å². The van der Waals surface area contributed by atoms with E-state index in [9.17, 15) is 4.79 Å². The Bertz CT molecular complexity index is 709. The number of hydrogen-bond donors (Lipinski definition) is 0. The zero-order valence-electron chi connectivity index (χ0n) is 12.1. The molecule has 2 aliphatic rings. The Morgan fingerprint density at radius 2 is 2.09 bits per heavy atom. The predicted molar refractivity (Wildman–Crippen MR) is 87.5 cm³/mol. The van der Waals surface area contributed by atoms with Crippen molar-refractivity contribution in [2.24, 2.45) is 0 Å². The summed E-state index contributed by atoms with van der Waals surface area (Å²) >= 11 is 7.80. The van der Waals surface area contributed by atoms with E-state index < -0.39 is 0 Å². The number of halogens is 1. The van der Waals surface area contributed by atoms with Crippen molar-refractivity contribution >= 4 is 39.1 Å². The van der Waals surface area contributed by atoms with Crippen LogP contribution in [0.4, 0.5) is 0 Å². The average Bonchev–Trinajstić information content (AvgIpc) is 3.13. The molecule has 4 nitrogen and oxygen atoms in total. The third kappa shape index (κ3) is 2.62. The maximum absolute atomic E-state index is 11.7. The number of carbonyl (C=O) groups excluding carboxylic acids is 1. The van der Waals surface area contributed by atoms with Crippen molar-refractivity contribution in [1.82, 2.24) is 9.88 Å². The zero-order valence-corrected chi connectivity index (χ0v) is 13.7. The summed E-state index contributed by atoms with van der Waals surface area (Å²) in [6.07, 6.45) is 2.94. The fraction of sp³-hybridized carbons (Fsp3) is 0.500. The number of hydrogen-bond acceptors (Lipinski definition) is 5. The standard InChI is InChI=1S/C16H17ClN2O2S/c17-11-1-2-14-12(9-11)18-15(22-14)10-3-6-19(7-4-10)13-5-8-21-16(13)20/h1-2,9-10,13H,3-8H2. The molecule has 0 spiro atoms. The van der Waals surface area contributed by atoms with Gasteiger partial charge in [0, 0.05) is 17.4 Å². The van der Waals surface area contributed by atoms with Gasteiger partial charge in [-0.25, -0.2) is 4.98 Å². The number of likely N-dealkylation sites (tertiary alicyclic amines) is 1. The van der Waals surface area contributed by atoms with Crippen LogP contribution in [0.5, 0.6) is 0 Å². The molecule has 6 heteroatoms. The van der Waals surface area contributed by atoms with Gasteiger partial charge >= 0.3 is 5.97 Å². The monoisotopic (exact) mass is 336 g/mol. The van der Waals surface area contributed by atoms with Crippen molar-refractivity contribution in [3.8, 4) is 0 Å². The maximum Gasteiger partial charge on any atom is 0.323 e. The van der Waals surface area contributed by atoms with Crippen LogP contribution in [-0.2, 0) is 9.53 Å². The molecule has 0 bridgehead atoms. The number of carbonyl (C=O) groups is 1. The van der Waals surface area contributed by atoms with Crippen molar-refractivity contribution in [2.45, 2.75) is 31.2 Å². The Labute approximate surface area is 138 Å². The second-order valence-electron chi connectivity index (χ2n) is 5.95. The molecule has 22 heavy (non-hydrogen) atoms. The highest BCUT2D eigenvalue weighted by atomic mass is 35.5. The van der Waals surface area contributed by atoms with Gasteiger partial charge in [0.25, 0.3) is 0 Å². The first-order valence-corrected chi connectivity index (χ1v) is 8.87. The number of aromatic nitrogens is 1. The van der Waals surface area contributed by atoms with Gasteiger partial charge in [0.15, 0.2) is 0 Å². The fourth-order valence-corrected chi connectivity index (χ4v) is 4.65. The number of nitrogens with zero attached hydrogens (tertiary/aromatic N) is 2. The summed E-state index contributed by atoms with van der Waals surface area (Å²) in [5.74, 6) is 0.443. The first kappa shape index (κ1) is 14.4. The minimum Gasteiger partial charge on any atom is -0.464 e. The highest BCUT2D eigenvalue weighted by Crippen LogP contribution is 2.35. The lowest BCUT2D eigenvalue weighted by Gasteiger charge is -2.33. The van der Waals surface area contributed by atoms with Crippen LogP contribution in [0, 0.1) is 0 Å². The van der Waals surface area contributed by atoms with Crippen molar-refractivity contribution in [1.29, 1.82) is 0 Å². The third-order valence-electron chi connectivity index (χ3n) is 4.59. The van der Waals surface area contributed by atoms with E-state index in [1.54, 1.807) is 11.3 Å². The third-order valence-corrected chi connectivity index (χ3v) is 6.03. The second kappa shape index (κ2) is 5.80. The van der Waals surface area contributed by atoms with E-state index in [4.69, 9.17) is 21.3 Å². The molecule has 0 N–H and O–H groups in total. The minimum absolute atomic E-state index is 0.0184. The number of rotatable bonds is 2. The summed E-state index contributed by atoms with van der Waals surface area (Å²) in [5, 5.41) is 1.94. The zero-order chi connectivity index (χ0) is 15.1. The van der Waals surface area contributed by atoms with Gasteiger partial charge in [-0.1, -0.05) is 11.6 Å². The number of esters is 1. The maximum atomic E-state index is 11.7.